The molecule has 2 heterocycles. The summed E-state index contributed by atoms with van der Waals surface area (Å²) < 4.78 is 5.90. The Bertz CT molecular complexity index is 670. The van der Waals surface area contributed by atoms with E-state index in [2.05, 4.69) is 34.7 Å². The third-order valence-corrected chi connectivity index (χ3v) is 4.79. The van der Waals surface area contributed by atoms with Crippen molar-refractivity contribution in [1.29, 1.82) is 0 Å². The number of aliphatic hydroxyl groups excluding tert-OH is 1. The minimum absolute atomic E-state index is 0.324. The fraction of sp³-hybridized carbons (Fsp3) is 0.476. The van der Waals surface area contributed by atoms with Crippen molar-refractivity contribution in [2.45, 2.75) is 25.9 Å². The molecule has 0 spiro atoms. The summed E-state index contributed by atoms with van der Waals surface area (Å²) in [6.07, 6.45) is 1.34. The Hall–Kier alpha value is -2.11. The third kappa shape index (κ3) is 4.96. The molecule has 1 aromatic carbocycles. The molecule has 0 aliphatic carbocycles. The van der Waals surface area contributed by atoms with Crippen LogP contribution < -0.4 is 9.64 Å². The number of para-hydroxylation sites is 1. The van der Waals surface area contributed by atoms with Crippen molar-refractivity contribution in [3.63, 3.8) is 0 Å². The molecule has 0 bridgehead atoms. The van der Waals surface area contributed by atoms with Crippen LogP contribution in [0.25, 0.3) is 0 Å². The molecule has 1 aromatic heterocycles. The van der Waals surface area contributed by atoms with Crippen molar-refractivity contribution < 1.29 is 9.84 Å². The first-order chi connectivity index (χ1) is 12.6. The Balaban J connectivity index is 1.44. The lowest BCUT2D eigenvalue weighted by atomic mass is 10.0. The van der Waals surface area contributed by atoms with Crippen molar-refractivity contribution in [3.05, 3.63) is 54.2 Å². The molecule has 140 valence electrons. The SMILES string of the molecule is CC(C)c1ccccc1OCC(O)CN1CCN(c2ccccn2)CC1. The van der Waals surface area contributed by atoms with E-state index in [1.54, 1.807) is 0 Å². The molecular weight excluding hydrogens is 326 g/mol. The Morgan fingerprint density at radius 3 is 2.46 bits per heavy atom. The Kier molecular flexibility index (Phi) is 6.47. The van der Waals surface area contributed by atoms with Gasteiger partial charge in [-0.05, 0) is 29.7 Å². The largest absolute Gasteiger partial charge is 0.491 e. The highest BCUT2D eigenvalue weighted by Crippen LogP contribution is 2.26. The molecule has 1 atom stereocenters. The first kappa shape index (κ1) is 18.7. The normalized spacial score (nSPS) is 16.7. The number of anilines is 1. The zero-order valence-corrected chi connectivity index (χ0v) is 15.7. The molecule has 0 radical (unpaired) electrons. The number of aromatic nitrogens is 1. The van der Waals surface area contributed by atoms with Gasteiger partial charge in [-0.15, -0.1) is 0 Å². The molecule has 26 heavy (non-hydrogen) atoms. The summed E-state index contributed by atoms with van der Waals surface area (Å²) in [5.41, 5.74) is 1.18. The van der Waals surface area contributed by atoms with Gasteiger partial charge in [0.15, 0.2) is 0 Å². The highest BCUT2D eigenvalue weighted by atomic mass is 16.5. The topological polar surface area (TPSA) is 48.8 Å². The van der Waals surface area contributed by atoms with Crippen molar-refractivity contribution in [2.75, 3.05) is 44.2 Å². The van der Waals surface area contributed by atoms with Crippen LogP contribution in [0, 0.1) is 0 Å². The van der Waals surface area contributed by atoms with Crippen LogP contribution in [0.1, 0.15) is 25.3 Å². The number of pyridine rings is 1. The Morgan fingerprint density at radius 2 is 1.77 bits per heavy atom. The summed E-state index contributed by atoms with van der Waals surface area (Å²) in [4.78, 5) is 9.00. The zero-order chi connectivity index (χ0) is 18.4. The summed E-state index contributed by atoms with van der Waals surface area (Å²) in [5, 5.41) is 10.4. The van der Waals surface area contributed by atoms with Gasteiger partial charge in [-0.2, -0.15) is 0 Å². The number of rotatable bonds is 7. The van der Waals surface area contributed by atoms with Crippen LogP contribution in [0.2, 0.25) is 0 Å². The summed E-state index contributed by atoms with van der Waals surface area (Å²) in [5.74, 6) is 2.31. The summed E-state index contributed by atoms with van der Waals surface area (Å²) >= 11 is 0. The number of aliphatic hydroxyl groups is 1. The summed E-state index contributed by atoms with van der Waals surface area (Å²) in [6.45, 7) is 8.98. The van der Waals surface area contributed by atoms with Crippen LogP contribution in [0.15, 0.2) is 48.7 Å². The summed E-state index contributed by atoms with van der Waals surface area (Å²) in [7, 11) is 0. The van der Waals surface area contributed by atoms with Gasteiger partial charge in [-0.25, -0.2) is 4.98 Å². The van der Waals surface area contributed by atoms with Gasteiger partial charge in [0.25, 0.3) is 0 Å². The van der Waals surface area contributed by atoms with Crippen LogP contribution in [0.4, 0.5) is 5.82 Å². The lowest BCUT2D eigenvalue weighted by Crippen LogP contribution is -2.49. The van der Waals surface area contributed by atoms with Gasteiger partial charge in [0.05, 0.1) is 0 Å². The van der Waals surface area contributed by atoms with E-state index in [0.29, 0.717) is 19.1 Å². The van der Waals surface area contributed by atoms with Crippen LogP contribution in [0.3, 0.4) is 0 Å². The highest BCUT2D eigenvalue weighted by molar-refractivity contribution is 5.38. The second-order valence-electron chi connectivity index (χ2n) is 7.13. The third-order valence-electron chi connectivity index (χ3n) is 4.79. The summed E-state index contributed by atoms with van der Waals surface area (Å²) in [6, 6.07) is 14.1. The molecule has 1 aliphatic rings. The standard InChI is InChI=1S/C21H29N3O2/c1-17(2)19-7-3-4-8-20(19)26-16-18(25)15-23-11-13-24(14-12-23)21-9-5-6-10-22-21/h3-10,17-18,25H,11-16H2,1-2H3. The quantitative estimate of drug-likeness (QED) is 0.828. The molecule has 0 amide bonds. The first-order valence-corrected chi connectivity index (χ1v) is 9.41. The Labute approximate surface area is 156 Å². The minimum Gasteiger partial charge on any atom is -0.491 e. The average molecular weight is 355 g/mol. The van der Waals surface area contributed by atoms with E-state index in [0.717, 1.165) is 37.7 Å². The van der Waals surface area contributed by atoms with Crippen LogP contribution >= 0.6 is 0 Å². The maximum Gasteiger partial charge on any atom is 0.128 e. The van der Waals surface area contributed by atoms with Gasteiger partial charge in [-0.3, -0.25) is 4.90 Å². The molecule has 5 nitrogen and oxygen atoms in total. The van der Waals surface area contributed by atoms with Gasteiger partial charge in [0.1, 0.15) is 24.3 Å². The number of benzene rings is 1. The smallest absolute Gasteiger partial charge is 0.128 e. The molecule has 1 fully saturated rings. The van der Waals surface area contributed by atoms with E-state index >= 15 is 0 Å². The molecule has 3 rings (SSSR count). The first-order valence-electron chi connectivity index (χ1n) is 9.41. The fourth-order valence-electron chi connectivity index (χ4n) is 3.33. The predicted octanol–water partition coefficient (Wildman–Crippen LogP) is 2.77. The zero-order valence-electron chi connectivity index (χ0n) is 15.7. The number of β-amino-alcohol motifs (C(OH)–C–C–N with tert-alkyl or cyclic N) is 1. The number of ether oxygens (including phenoxy) is 1. The molecule has 1 aliphatic heterocycles. The number of piperazine rings is 1. The van der Waals surface area contributed by atoms with Crippen LogP contribution in [-0.2, 0) is 0 Å². The average Bonchev–Trinajstić information content (AvgIpc) is 2.68. The fourth-order valence-corrected chi connectivity index (χ4v) is 3.33. The Morgan fingerprint density at radius 1 is 1.04 bits per heavy atom. The number of nitrogens with zero attached hydrogens (tertiary/aromatic N) is 3. The van der Waals surface area contributed by atoms with Gasteiger partial charge in [0.2, 0.25) is 0 Å². The molecule has 1 N–H and O–H groups in total. The molecule has 1 unspecified atom stereocenters. The van der Waals surface area contributed by atoms with E-state index < -0.39 is 6.10 Å². The van der Waals surface area contributed by atoms with Gasteiger partial charge in [0, 0.05) is 38.9 Å². The minimum atomic E-state index is -0.489. The van der Waals surface area contributed by atoms with Crippen LogP contribution in [0.5, 0.6) is 5.75 Å². The second kappa shape index (κ2) is 9.01. The number of hydrogen-bond donors (Lipinski definition) is 1. The predicted molar refractivity (Wildman–Crippen MR) is 105 cm³/mol. The van der Waals surface area contributed by atoms with E-state index in [1.165, 1.54) is 5.56 Å². The van der Waals surface area contributed by atoms with E-state index in [9.17, 15) is 5.11 Å². The molecule has 1 saturated heterocycles. The lowest BCUT2D eigenvalue weighted by Gasteiger charge is -2.36. The van der Waals surface area contributed by atoms with E-state index in [1.807, 2.05) is 42.6 Å². The molecular formula is C21H29N3O2. The maximum absolute atomic E-state index is 10.4. The molecule has 0 saturated carbocycles. The highest BCUT2D eigenvalue weighted by Gasteiger charge is 2.20. The number of hydrogen-bond acceptors (Lipinski definition) is 5. The maximum atomic E-state index is 10.4. The van der Waals surface area contributed by atoms with Gasteiger partial charge >= 0.3 is 0 Å². The lowest BCUT2D eigenvalue weighted by molar-refractivity contribution is 0.0658. The molecule has 2 aromatic rings. The van der Waals surface area contributed by atoms with E-state index in [-0.39, 0.29) is 0 Å². The van der Waals surface area contributed by atoms with Gasteiger partial charge < -0.3 is 14.7 Å². The van der Waals surface area contributed by atoms with Crippen molar-refractivity contribution >= 4 is 5.82 Å². The van der Waals surface area contributed by atoms with Crippen LogP contribution in [-0.4, -0.2) is 60.4 Å². The van der Waals surface area contributed by atoms with Crippen molar-refractivity contribution in [1.82, 2.24) is 9.88 Å². The van der Waals surface area contributed by atoms with E-state index in [4.69, 9.17) is 4.74 Å². The molecule has 5 heteroatoms. The van der Waals surface area contributed by atoms with Gasteiger partial charge in [-0.1, -0.05) is 38.1 Å². The monoisotopic (exact) mass is 355 g/mol. The van der Waals surface area contributed by atoms with Crippen molar-refractivity contribution in [3.8, 4) is 5.75 Å². The van der Waals surface area contributed by atoms with Crippen molar-refractivity contribution in [2.24, 2.45) is 0 Å². The second-order valence-corrected chi connectivity index (χ2v) is 7.13.